The topological polar surface area (TPSA) is 171 Å². The van der Waals surface area contributed by atoms with E-state index in [-0.39, 0.29) is 29.7 Å². The third kappa shape index (κ3) is 3.59. The Balaban J connectivity index is 1.76. The number of Topliss-reactive ketones (excluding diaryl/α,β-unsaturated/α-hetero) is 2. The molecule has 0 radical (unpaired) electrons. The molecule has 2 aromatic carbocycles. The maximum atomic E-state index is 14.0. The van der Waals surface area contributed by atoms with Crippen molar-refractivity contribution in [3.05, 3.63) is 63.9 Å². The van der Waals surface area contributed by atoms with Crippen molar-refractivity contribution in [2.24, 2.45) is 17.6 Å². The molecule has 1 saturated carbocycles. The number of amides is 1. The van der Waals surface area contributed by atoms with E-state index in [0.717, 1.165) is 11.1 Å². The summed E-state index contributed by atoms with van der Waals surface area (Å²) in [5, 5.41) is 44.9. The first-order valence-electron chi connectivity index (χ1n) is 12.5. The van der Waals surface area contributed by atoms with Crippen LogP contribution in [0.5, 0.6) is 11.5 Å². The van der Waals surface area contributed by atoms with Crippen molar-refractivity contribution in [3.63, 3.8) is 0 Å². The van der Waals surface area contributed by atoms with Gasteiger partial charge in [-0.2, -0.15) is 0 Å². The summed E-state index contributed by atoms with van der Waals surface area (Å²) in [6.07, 6.45) is 0.210. The van der Waals surface area contributed by atoms with Crippen LogP contribution in [-0.4, -0.2) is 75.6 Å². The van der Waals surface area contributed by atoms with Gasteiger partial charge in [0.2, 0.25) is 5.78 Å². The molecular weight excluding hydrogens is 504 g/mol. The number of primary amides is 1. The Morgan fingerprint density at radius 2 is 1.79 bits per heavy atom. The summed E-state index contributed by atoms with van der Waals surface area (Å²) in [7, 11) is 4.67. The van der Waals surface area contributed by atoms with Crippen LogP contribution in [0.15, 0.2) is 47.2 Å². The molecular formula is C29H30N2O8. The van der Waals surface area contributed by atoms with Crippen molar-refractivity contribution in [1.82, 2.24) is 4.90 Å². The van der Waals surface area contributed by atoms with Crippen LogP contribution >= 0.6 is 0 Å². The number of benzene rings is 2. The van der Waals surface area contributed by atoms with Gasteiger partial charge in [-0.05, 0) is 69.1 Å². The highest BCUT2D eigenvalue weighted by Crippen LogP contribution is 2.54. The van der Waals surface area contributed by atoms with Gasteiger partial charge in [-0.1, -0.05) is 17.7 Å². The first-order chi connectivity index (χ1) is 18.3. The highest BCUT2D eigenvalue weighted by Gasteiger charge is 2.64. The Bertz CT molecular complexity index is 1520. The molecule has 0 aromatic heterocycles. The van der Waals surface area contributed by atoms with Gasteiger partial charge in [0, 0.05) is 17.1 Å². The number of likely N-dealkylation sites (N-methyl/N-ethyl adjacent to an activating group) is 1. The second kappa shape index (κ2) is 8.96. The summed E-state index contributed by atoms with van der Waals surface area (Å²) >= 11 is 0. The van der Waals surface area contributed by atoms with Crippen LogP contribution in [0.3, 0.4) is 0 Å². The molecule has 39 heavy (non-hydrogen) atoms. The third-order valence-corrected chi connectivity index (χ3v) is 8.25. The van der Waals surface area contributed by atoms with Gasteiger partial charge < -0.3 is 30.9 Å². The molecule has 0 spiro atoms. The van der Waals surface area contributed by atoms with E-state index in [1.807, 2.05) is 25.1 Å². The van der Waals surface area contributed by atoms with Crippen molar-refractivity contribution in [3.8, 4) is 22.6 Å². The lowest BCUT2D eigenvalue weighted by atomic mass is 9.57. The molecule has 4 atom stereocenters. The Kier molecular flexibility index (Phi) is 6.08. The predicted octanol–water partition coefficient (Wildman–Crippen LogP) is 1.95. The Morgan fingerprint density at radius 1 is 1.10 bits per heavy atom. The summed E-state index contributed by atoms with van der Waals surface area (Å²) in [6.45, 7) is 1.92. The Hall–Kier alpha value is -4.15. The van der Waals surface area contributed by atoms with Gasteiger partial charge >= 0.3 is 0 Å². The number of carbonyl (C=O) groups is 3. The van der Waals surface area contributed by atoms with Crippen molar-refractivity contribution in [1.29, 1.82) is 0 Å². The van der Waals surface area contributed by atoms with E-state index in [4.69, 9.17) is 10.5 Å². The number of aromatic hydroxyl groups is 1. The smallest absolute Gasteiger partial charge is 0.255 e. The molecule has 0 heterocycles. The highest BCUT2D eigenvalue weighted by molar-refractivity contribution is 6.24. The number of aliphatic hydroxyl groups excluding tert-OH is 2. The van der Waals surface area contributed by atoms with Gasteiger partial charge in [0.05, 0.1) is 18.7 Å². The van der Waals surface area contributed by atoms with E-state index in [1.54, 1.807) is 27.3 Å². The van der Waals surface area contributed by atoms with Crippen molar-refractivity contribution in [2.45, 2.75) is 31.4 Å². The fourth-order valence-corrected chi connectivity index (χ4v) is 6.53. The van der Waals surface area contributed by atoms with Crippen molar-refractivity contribution in [2.75, 3.05) is 21.2 Å². The van der Waals surface area contributed by atoms with Crippen molar-refractivity contribution >= 4 is 23.2 Å². The van der Waals surface area contributed by atoms with E-state index in [0.29, 0.717) is 16.9 Å². The first-order valence-corrected chi connectivity index (χ1v) is 12.5. The zero-order valence-electron chi connectivity index (χ0n) is 22.0. The van der Waals surface area contributed by atoms with E-state index in [2.05, 4.69) is 0 Å². The number of carbonyl (C=O) groups excluding carboxylic acids is 3. The van der Waals surface area contributed by atoms with Crippen LogP contribution in [0.1, 0.15) is 23.1 Å². The number of methoxy groups -OCH3 is 1. The van der Waals surface area contributed by atoms with Crippen LogP contribution in [0.4, 0.5) is 0 Å². The number of ether oxygens (including phenoxy) is 1. The number of aryl methyl sites for hydroxylation is 1. The molecule has 6 N–H and O–H groups in total. The first kappa shape index (κ1) is 26.5. The Labute approximate surface area is 224 Å². The number of fused-ring (bicyclic) bond motifs is 3. The number of rotatable bonds is 4. The second-order valence-electron chi connectivity index (χ2n) is 10.7. The van der Waals surface area contributed by atoms with Gasteiger partial charge in [0.15, 0.2) is 11.4 Å². The molecule has 5 rings (SSSR count). The lowest BCUT2D eigenvalue weighted by Gasteiger charge is -2.50. The van der Waals surface area contributed by atoms with Crippen molar-refractivity contribution < 1.29 is 39.5 Å². The molecule has 3 aliphatic carbocycles. The minimum atomic E-state index is -2.67. The van der Waals surface area contributed by atoms with E-state index >= 15 is 0 Å². The molecule has 204 valence electrons. The Morgan fingerprint density at radius 3 is 2.41 bits per heavy atom. The molecule has 10 heteroatoms. The van der Waals surface area contributed by atoms with Gasteiger partial charge in [0.25, 0.3) is 5.91 Å². The molecule has 0 saturated heterocycles. The average molecular weight is 535 g/mol. The molecule has 0 aliphatic heterocycles. The van der Waals surface area contributed by atoms with Gasteiger partial charge in [-0.3, -0.25) is 19.3 Å². The van der Waals surface area contributed by atoms with Crippen LogP contribution < -0.4 is 10.5 Å². The lowest BCUT2D eigenvalue weighted by Crippen LogP contribution is -2.65. The maximum Gasteiger partial charge on any atom is 0.255 e. The minimum Gasteiger partial charge on any atom is -0.508 e. The SMILES string of the molecule is COc1ccc(C)cc1-c1ccc(O)c2c1CC1CC3C(N(C)C)C(=O)C(C(N)=O)=C(O)C3(O)C(=O)C1=C2O. The fourth-order valence-electron chi connectivity index (χ4n) is 6.53. The lowest BCUT2D eigenvalue weighted by molar-refractivity contribution is -0.153. The molecule has 0 bridgehead atoms. The second-order valence-corrected chi connectivity index (χ2v) is 10.7. The van der Waals surface area contributed by atoms with Crippen LogP contribution in [0.2, 0.25) is 0 Å². The molecule has 1 amide bonds. The van der Waals surface area contributed by atoms with Crippen LogP contribution in [-0.2, 0) is 20.8 Å². The largest absolute Gasteiger partial charge is 0.508 e. The summed E-state index contributed by atoms with van der Waals surface area (Å²) in [6, 6.07) is 7.62. The number of hydrogen-bond acceptors (Lipinski definition) is 9. The fraction of sp³-hybridized carbons (Fsp3) is 0.345. The maximum absolute atomic E-state index is 14.0. The zero-order chi connectivity index (χ0) is 28.5. The number of phenols is 1. The number of aliphatic hydroxyl groups is 3. The predicted molar refractivity (Wildman–Crippen MR) is 141 cm³/mol. The van der Waals surface area contributed by atoms with E-state index in [1.165, 1.54) is 11.0 Å². The molecule has 3 aliphatic rings. The number of nitrogens with two attached hydrogens (primary N) is 1. The molecule has 10 nitrogen and oxygen atoms in total. The van der Waals surface area contributed by atoms with E-state index < -0.39 is 58.0 Å². The average Bonchev–Trinajstić information content (AvgIpc) is 2.86. The number of hydrogen-bond donors (Lipinski definition) is 5. The molecule has 4 unspecified atom stereocenters. The monoisotopic (exact) mass is 534 g/mol. The zero-order valence-corrected chi connectivity index (χ0v) is 22.0. The van der Waals surface area contributed by atoms with Crippen LogP contribution in [0.25, 0.3) is 16.9 Å². The van der Waals surface area contributed by atoms with Gasteiger partial charge in [-0.25, -0.2) is 0 Å². The van der Waals surface area contributed by atoms with Gasteiger partial charge in [-0.15, -0.1) is 0 Å². The number of phenolic OH excluding ortho intramolecular Hbond substituents is 1. The third-order valence-electron chi connectivity index (χ3n) is 8.25. The minimum absolute atomic E-state index is 0.0197. The van der Waals surface area contributed by atoms with Crippen LogP contribution in [0, 0.1) is 18.8 Å². The summed E-state index contributed by atoms with van der Waals surface area (Å²) in [5.41, 5.74) is 4.65. The van der Waals surface area contributed by atoms with E-state index in [9.17, 15) is 34.8 Å². The quantitative estimate of drug-likeness (QED) is 0.368. The summed E-state index contributed by atoms with van der Waals surface area (Å²) in [5.74, 6) is -6.23. The summed E-state index contributed by atoms with van der Waals surface area (Å²) in [4.78, 5) is 40.8. The highest BCUT2D eigenvalue weighted by atomic mass is 16.5. The molecule has 1 fully saturated rings. The summed E-state index contributed by atoms with van der Waals surface area (Å²) < 4.78 is 5.57. The molecule has 2 aromatic rings. The number of nitrogens with zero attached hydrogens (tertiary/aromatic N) is 1. The van der Waals surface area contributed by atoms with Gasteiger partial charge in [0.1, 0.15) is 28.6 Å². The normalized spacial score (nSPS) is 26.4. The number of ketones is 2. The standard InChI is InChI=1S/C29H30N2O8/c1-12-5-8-19(39-4)15(9-12)14-6-7-18(32)21-16(14)10-13-11-17-23(31(2)3)25(34)22(28(30)37)27(36)29(17,38)26(35)20(13)24(21)33/h5-9,13,17,23,32-33,36,38H,10-11H2,1-4H3,(H2,30,37).